The van der Waals surface area contributed by atoms with Crippen molar-refractivity contribution in [3.05, 3.63) is 17.0 Å². The Morgan fingerprint density at radius 3 is 2.25 bits per heavy atom. The van der Waals surface area contributed by atoms with Crippen molar-refractivity contribution in [3.63, 3.8) is 0 Å². The summed E-state index contributed by atoms with van der Waals surface area (Å²) in [5.74, 6) is 0.860. The molecule has 2 rings (SSSR count). The fourth-order valence-corrected chi connectivity index (χ4v) is 5.60. The first-order valence-corrected chi connectivity index (χ1v) is 10.1. The summed E-state index contributed by atoms with van der Waals surface area (Å²) in [6.07, 6.45) is 3.03. The van der Waals surface area contributed by atoms with Gasteiger partial charge in [0.1, 0.15) is 4.21 Å². The Hall–Kier alpha value is -0.390. The number of rotatable bonds is 4. The molecule has 0 aromatic carbocycles. The molecule has 0 amide bonds. The van der Waals surface area contributed by atoms with Crippen LogP contribution in [0.15, 0.2) is 21.3 Å². The maximum atomic E-state index is 12.6. The van der Waals surface area contributed by atoms with E-state index in [0.717, 1.165) is 30.1 Å². The summed E-state index contributed by atoms with van der Waals surface area (Å²) in [6, 6.07) is 3.58. The molecule has 0 bridgehead atoms. The highest BCUT2D eigenvalue weighted by Gasteiger charge is 2.27. The molecule has 1 aromatic rings. The average Bonchev–Trinajstić information content (AvgIpc) is 2.97. The monoisotopic (exact) mass is 486 g/mol. The van der Waals surface area contributed by atoms with Crippen LogP contribution in [-0.4, -0.2) is 69.8 Å². The largest absolute Gasteiger partial charge is 0.349 e. The molecule has 0 radical (unpaired) electrons. The van der Waals surface area contributed by atoms with Gasteiger partial charge in [0, 0.05) is 46.2 Å². The lowest BCUT2D eigenvalue weighted by Crippen LogP contribution is -2.35. The summed E-state index contributed by atoms with van der Waals surface area (Å²) < 4.78 is 27.3. The average molecular weight is 486 g/mol. The topological polar surface area (TPSA) is 56.2 Å². The molecule has 138 valence electrons. The second kappa shape index (κ2) is 9.35. The van der Waals surface area contributed by atoms with Crippen LogP contribution in [0.5, 0.6) is 0 Å². The van der Waals surface area contributed by atoms with Crippen LogP contribution >= 0.6 is 35.3 Å². The lowest BCUT2D eigenvalue weighted by Gasteiger charge is -2.25. The summed E-state index contributed by atoms with van der Waals surface area (Å²) in [5.41, 5.74) is 0. The van der Waals surface area contributed by atoms with Crippen LogP contribution in [0.4, 0.5) is 0 Å². The van der Waals surface area contributed by atoms with Gasteiger partial charge in [0.05, 0.1) is 6.54 Å². The zero-order valence-corrected chi connectivity index (χ0v) is 18.7. The molecular formula is C15H27IN4O2S2. The molecule has 1 saturated heterocycles. The highest BCUT2D eigenvalue weighted by molar-refractivity contribution is 14.0. The summed E-state index contributed by atoms with van der Waals surface area (Å²) >= 11 is 1.33. The van der Waals surface area contributed by atoms with Gasteiger partial charge in [-0.15, -0.1) is 35.3 Å². The summed E-state index contributed by atoms with van der Waals surface area (Å²) in [5, 5.41) is 0. The van der Waals surface area contributed by atoms with Gasteiger partial charge in [-0.05, 0) is 25.0 Å². The molecular weight excluding hydrogens is 459 g/mol. The zero-order valence-electron chi connectivity index (χ0n) is 14.7. The van der Waals surface area contributed by atoms with Crippen LogP contribution in [0.1, 0.15) is 24.1 Å². The normalized spacial score (nSPS) is 15.5. The van der Waals surface area contributed by atoms with E-state index in [1.165, 1.54) is 11.3 Å². The number of aliphatic imine (C=N–C) groups is 1. The molecule has 0 unspecified atom stereocenters. The Morgan fingerprint density at radius 2 is 1.71 bits per heavy atom. The first-order chi connectivity index (χ1) is 10.8. The lowest BCUT2D eigenvalue weighted by atomic mass is 10.2. The van der Waals surface area contributed by atoms with Crippen molar-refractivity contribution < 1.29 is 8.42 Å². The van der Waals surface area contributed by atoms with Gasteiger partial charge in [-0.3, -0.25) is 0 Å². The zero-order chi connectivity index (χ0) is 17.0. The van der Waals surface area contributed by atoms with Crippen LogP contribution in [0.25, 0.3) is 0 Å². The first-order valence-electron chi connectivity index (χ1n) is 7.80. The molecule has 9 heteroatoms. The SMILES string of the molecule is CN(C)C(=NCc1ccc(S(=O)(=O)N2CCCCC2)s1)N(C)C.I. The molecule has 1 aromatic heterocycles. The van der Waals surface area contributed by atoms with Crippen LogP contribution in [0.3, 0.4) is 0 Å². The van der Waals surface area contributed by atoms with E-state index in [-0.39, 0.29) is 24.0 Å². The number of halogens is 1. The molecule has 0 aliphatic carbocycles. The summed E-state index contributed by atoms with van der Waals surface area (Å²) in [4.78, 5) is 9.42. The van der Waals surface area contributed by atoms with Gasteiger partial charge in [0.2, 0.25) is 0 Å². The van der Waals surface area contributed by atoms with E-state index in [0.29, 0.717) is 23.8 Å². The van der Waals surface area contributed by atoms with Gasteiger partial charge < -0.3 is 9.80 Å². The van der Waals surface area contributed by atoms with E-state index in [1.54, 1.807) is 10.4 Å². The highest BCUT2D eigenvalue weighted by atomic mass is 127. The molecule has 0 spiro atoms. The quantitative estimate of drug-likeness (QED) is 0.373. The van der Waals surface area contributed by atoms with Crippen molar-refractivity contribution in [2.75, 3.05) is 41.3 Å². The van der Waals surface area contributed by atoms with Crippen molar-refractivity contribution >= 4 is 51.3 Å². The second-order valence-electron chi connectivity index (χ2n) is 6.09. The van der Waals surface area contributed by atoms with Crippen molar-refractivity contribution in [1.29, 1.82) is 0 Å². The van der Waals surface area contributed by atoms with Gasteiger partial charge in [-0.25, -0.2) is 13.4 Å². The number of hydrogen-bond donors (Lipinski definition) is 0. The summed E-state index contributed by atoms with van der Waals surface area (Å²) in [6.45, 7) is 1.77. The predicted octanol–water partition coefficient (Wildman–Crippen LogP) is 2.52. The Bertz CT molecular complexity index is 640. The van der Waals surface area contributed by atoms with Crippen LogP contribution < -0.4 is 0 Å². The second-order valence-corrected chi connectivity index (χ2v) is 9.42. The van der Waals surface area contributed by atoms with E-state index < -0.39 is 10.0 Å². The number of piperidine rings is 1. The molecule has 6 nitrogen and oxygen atoms in total. The number of sulfonamides is 1. The maximum Gasteiger partial charge on any atom is 0.252 e. The Labute approximate surface area is 166 Å². The minimum absolute atomic E-state index is 0. The van der Waals surface area contributed by atoms with Gasteiger partial charge in [-0.2, -0.15) is 4.31 Å². The third kappa shape index (κ3) is 5.30. The van der Waals surface area contributed by atoms with Gasteiger partial charge in [0.15, 0.2) is 5.96 Å². The molecule has 0 saturated carbocycles. The van der Waals surface area contributed by atoms with Gasteiger partial charge in [-0.1, -0.05) is 6.42 Å². The Morgan fingerprint density at radius 1 is 1.12 bits per heavy atom. The number of nitrogens with zero attached hydrogens (tertiary/aromatic N) is 4. The van der Waals surface area contributed by atoms with Crippen molar-refractivity contribution in [3.8, 4) is 0 Å². The Kier molecular flexibility index (Phi) is 8.43. The van der Waals surface area contributed by atoms with E-state index in [4.69, 9.17) is 0 Å². The number of thiophene rings is 1. The lowest BCUT2D eigenvalue weighted by molar-refractivity contribution is 0.347. The molecule has 0 atom stereocenters. The third-order valence-electron chi connectivity index (χ3n) is 3.72. The Balaban J connectivity index is 0.00000288. The predicted molar refractivity (Wildman–Crippen MR) is 111 cm³/mol. The number of guanidine groups is 1. The van der Waals surface area contributed by atoms with Crippen LogP contribution in [0, 0.1) is 0 Å². The number of hydrogen-bond acceptors (Lipinski definition) is 4. The van der Waals surface area contributed by atoms with E-state index in [9.17, 15) is 8.42 Å². The minimum atomic E-state index is -3.33. The van der Waals surface area contributed by atoms with Crippen molar-refractivity contribution in [2.24, 2.45) is 4.99 Å². The van der Waals surface area contributed by atoms with E-state index in [2.05, 4.69) is 4.99 Å². The van der Waals surface area contributed by atoms with Gasteiger partial charge >= 0.3 is 0 Å². The fourth-order valence-electron chi connectivity index (χ4n) is 2.65. The highest BCUT2D eigenvalue weighted by Crippen LogP contribution is 2.27. The third-order valence-corrected chi connectivity index (χ3v) is 7.16. The summed E-state index contributed by atoms with van der Waals surface area (Å²) in [7, 11) is 4.45. The molecule has 1 aliphatic heterocycles. The van der Waals surface area contributed by atoms with Crippen molar-refractivity contribution in [2.45, 2.75) is 30.0 Å². The maximum absolute atomic E-state index is 12.6. The first kappa shape index (κ1) is 21.7. The molecule has 24 heavy (non-hydrogen) atoms. The molecule has 2 heterocycles. The molecule has 1 aliphatic rings. The molecule has 1 fully saturated rings. The molecule has 0 N–H and O–H groups in total. The van der Waals surface area contributed by atoms with Crippen LogP contribution in [-0.2, 0) is 16.6 Å². The fraction of sp³-hybridized carbons (Fsp3) is 0.667. The van der Waals surface area contributed by atoms with E-state index >= 15 is 0 Å². The smallest absolute Gasteiger partial charge is 0.252 e. The van der Waals surface area contributed by atoms with Crippen LogP contribution in [0.2, 0.25) is 0 Å². The minimum Gasteiger partial charge on any atom is -0.349 e. The van der Waals surface area contributed by atoms with Crippen molar-refractivity contribution in [1.82, 2.24) is 14.1 Å². The van der Waals surface area contributed by atoms with E-state index in [1.807, 2.05) is 44.1 Å². The standard InChI is InChI=1S/C15H26N4O2S2.HI/c1-17(2)15(18(3)4)16-12-13-8-9-14(22-13)23(20,21)19-10-6-5-7-11-19;/h8-9H,5-7,10-12H2,1-4H3;1H. The van der Waals surface area contributed by atoms with Gasteiger partial charge in [0.25, 0.3) is 10.0 Å².